The van der Waals surface area contributed by atoms with Gasteiger partial charge in [0.1, 0.15) is 36.8 Å². The third-order valence-corrected chi connectivity index (χ3v) is 11.0. The van der Waals surface area contributed by atoms with Crippen LogP contribution in [0.15, 0.2) is 132 Å². The summed E-state index contributed by atoms with van der Waals surface area (Å²) in [5, 5.41) is 9.45. The molecule has 10 N–H and O–H groups in total. The quantitative estimate of drug-likeness (QED) is 0.0146. The summed E-state index contributed by atoms with van der Waals surface area (Å²) in [5.41, 5.74) is 24.6. The molecule has 2 heterocycles. The van der Waals surface area contributed by atoms with Crippen molar-refractivity contribution >= 4 is 82.0 Å². The number of nitrogens with zero attached hydrogens (tertiary/aromatic N) is 4. The molecule has 0 radical (unpaired) electrons. The summed E-state index contributed by atoms with van der Waals surface area (Å²) in [4.78, 5) is 69.3. The largest absolute Gasteiger partial charge is 0.493 e. The lowest BCUT2D eigenvalue weighted by Gasteiger charge is -2.20. The molecular formula is C52H62Cl2N10O8. The van der Waals surface area contributed by atoms with Gasteiger partial charge in [0.2, 0.25) is 11.8 Å². The number of esters is 2. The number of halogens is 2. The molecule has 72 heavy (non-hydrogen) atoms. The van der Waals surface area contributed by atoms with Crippen LogP contribution in [0.1, 0.15) is 62.8 Å². The number of nitrogens with one attached hydrogen (secondary N) is 2. The van der Waals surface area contributed by atoms with E-state index in [1.165, 1.54) is 0 Å². The molecule has 6 aromatic rings. The number of benzene rings is 4. The predicted molar refractivity (Wildman–Crippen MR) is 283 cm³/mol. The van der Waals surface area contributed by atoms with Crippen LogP contribution in [0.25, 0.3) is 32.7 Å². The number of amides is 2. The molecule has 0 saturated heterocycles. The molecule has 4 aromatic carbocycles. The molecule has 0 fully saturated rings. The van der Waals surface area contributed by atoms with Crippen molar-refractivity contribution in [1.29, 1.82) is 0 Å². The number of aliphatic imine (C=N–C) groups is 2. The van der Waals surface area contributed by atoms with Crippen LogP contribution in [0.2, 0.25) is 0 Å². The third-order valence-electron chi connectivity index (χ3n) is 11.0. The molecule has 20 heteroatoms. The molecule has 6 rings (SSSR count). The molecule has 18 nitrogen and oxygen atoms in total. The summed E-state index contributed by atoms with van der Waals surface area (Å²) in [5.74, 6) is -0.835. The van der Waals surface area contributed by atoms with Gasteiger partial charge in [-0.05, 0) is 96.5 Å². The first-order valence-electron chi connectivity index (χ1n) is 23.2. The van der Waals surface area contributed by atoms with Crippen LogP contribution in [-0.4, -0.2) is 84.0 Å². The Morgan fingerprint density at radius 1 is 0.514 bits per heavy atom. The molecule has 0 unspecified atom stereocenters. The van der Waals surface area contributed by atoms with Gasteiger partial charge in [0.05, 0.1) is 24.6 Å². The summed E-state index contributed by atoms with van der Waals surface area (Å²) < 4.78 is 24.0. The van der Waals surface area contributed by atoms with E-state index < -0.39 is 24.0 Å². The van der Waals surface area contributed by atoms with Crippen molar-refractivity contribution < 1.29 is 38.1 Å². The van der Waals surface area contributed by atoms with Crippen LogP contribution < -0.4 is 43.0 Å². The second-order valence-electron chi connectivity index (χ2n) is 16.2. The van der Waals surface area contributed by atoms with E-state index >= 15 is 0 Å². The number of rotatable bonds is 27. The number of fused-ring (bicyclic) bond motifs is 2. The van der Waals surface area contributed by atoms with Gasteiger partial charge in [-0.15, -0.1) is 24.8 Å². The third kappa shape index (κ3) is 17.9. The van der Waals surface area contributed by atoms with Gasteiger partial charge in [0.15, 0.2) is 11.9 Å². The number of carbonyl (C=O) groups is 4. The van der Waals surface area contributed by atoms with Crippen molar-refractivity contribution in [3.8, 4) is 22.6 Å². The average Bonchev–Trinajstić information content (AvgIpc) is 3.37. The molecule has 0 aliphatic rings. The molecule has 0 spiro atoms. The Hall–Kier alpha value is -7.70. The molecule has 2 amide bonds. The Morgan fingerprint density at radius 3 is 1.31 bits per heavy atom. The zero-order valence-electron chi connectivity index (χ0n) is 39.8. The van der Waals surface area contributed by atoms with Crippen LogP contribution in [0.3, 0.4) is 0 Å². The summed E-state index contributed by atoms with van der Waals surface area (Å²) in [6, 6.07) is 32.5. The summed E-state index contributed by atoms with van der Waals surface area (Å²) >= 11 is 0. The minimum absolute atomic E-state index is 0. The van der Waals surface area contributed by atoms with Crippen molar-refractivity contribution in [2.45, 2.75) is 76.7 Å². The van der Waals surface area contributed by atoms with E-state index in [0.717, 1.165) is 32.7 Å². The molecule has 2 atom stereocenters. The number of aromatic nitrogens is 2. The number of guanidine groups is 2. The molecule has 0 aliphatic carbocycles. The molecule has 0 aliphatic heterocycles. The smallest absolute Gasteiger partial charge is 0.329 e. The Balaban J connectivity index is 0.00000562. The van der Waals surface area contributed by atoms with Crippen LogP contribution in [0.5, 0.6) is 11.5 Å². The molecule has 2 aromatic heterocycles. The average molecular weight is 1030 g/mol. The number of hydrogen-bond donors (Lipinski definition) is 6. The fraction of sp³-hybridized carbons (Fsp3) is 0.308. The van der Waals surface area contributed by atoms with Crippen molar-refractivity contribution in [1.82, 2.24) is 20.6 Å². The maximum absolute atomic E-state index is 13.3. The second kappa shape index (κ2) is 30.1. The number of hydrogen-bond acceptors (Lipinski definition) is 12. The number of carbonyl (C=O) groups excluding carboxylic acids is 4. The Labute approximate surface area is 430 Å². The fourth-order valence-corrected chi connectivity index (χ4v) is 7.59. The van der Waals surface area contributed by atoms with E-state index in [9.17, 15) is 19.2 Å². The Bertz CT molecular complexity index is 2560. The van der Waals surface area contributed by atoms with Crippen LogP contribution >= 0.6 is 24.8 Å². The molecular weight excluding hydrogens is 964 g/mol. The maximum Gasteiger partial charge on any atom is 0.329 e. The number of pyridine rings is 2. The van der Waals surface area contributed by atoms with E-state index in [0.29, 0.717) is 48.6 Å². The summed E-state index contributed by atoms with van der Waals surface area (Å²) in [7, 11) is 0. The van der Waals surface area contributed by atoms with Gasteiger partial charge in [-0.25, -0.2) is 9.59 Å². The van der Waals surface area contributed by atoms with Gasteiger partial charge >= 0.3 is 11.9 Å². The lowest BCUT2D eigenvalue weighted by Crippen LogP contribution is -2.42. The molecule has 0 saturated carbocycles. The highest BCUT2D eigenvalue weighted by Crippen LogP contribution is 2.45. The monoisotopic (exact) mass is 1020 g/mol. The SMILES string of the molecule is Cl.Cl.NC(N)=NCCC[C@@H](NC(=O)CCCOc1ccc2ccccc2c1-c1c(OCCCC(=O)N[C@H](CCCN=C(N)N)C(=O)OCc2ccccn2)ccc2ccccc12)C(=O)OCc1ccccn1. The zero-order valence-corrected chi connectivity index (χ0v) is 41.4. The maximum atomic E-state index is 13.3. The van der Waals surface area contributed by atoms with Crippen molar-refractivity contribution in [2.24, 2.45) is 32.9 Å². The van der Waals surface area contributed by atoms with Crippen LogP contribution in [-0.2, 0) is 41.9 Å². The standard InChI is InChI=1S/C52H60N10O8.2ClH/c53-51(54)59-29-9-19-41(49(65)69-33-37-15-5-7-27-57-37)61-45(63)21-11-31-67-43-25-23-35-13-1-3-17-39(35)47(43)48-40-18-4-2-14-36(40)24-26-44(48)68-32-12-22-46(64)62-42(20-10-30-60-52(55)56)50(66)70-34-38-16-6-8-28-58-38;;/h1-8,13-18,23-28,41-42H,9-12,19-22,29-34H2,(H,61,63)(H,62,64)(H4,53,54,59)(H4,55,56,60);2*1H/t41-,42-;;/m1../s1. The number of ether oxygens (including phenoxy) is 4. The minimum Gasteiger partial charge on any atom is -0.493 e. The highest BCUT2D eigenvalue weighted by molar-refractivity contribution is 6.09. The first-order valence-corrected chi connectivity index (χ1v) is 23.2. The van der Waals surface area contributed by atoms with Crippen LogP contribution in [0.4, 0.5) is 0 Å². The van der Waals surface area contributed by atoms with E-state index in [1.807, 2.05) is 72.8 Å². The van der Waals surface area contributed by atoms with E-state index in [4.69, 9.17) is 41.9 Å². The summed E-state index contributed by atoms with van der Waals surface area (Å²) in [6.07, 6.45) is 5.41. The van der Waals surface area contributed by atoms with Gasteiger partial charge in [-0.1, -0.05) is 72.8 Å². The first-order chi connectivity index (χ1) is 34.0. The van der Waals surface area contributed by atoms with E-state index in [2.05, 4.69) is 30.6 Å². The predicted octanol–water partition coefficient (Wildman–Crippen LogP) is 6.18. The minimum atomic E-state index is -0.922. The highest BCUT2D eigenvalue weighted by atomic mass is 35.5. The van der Waals surface area contributed by atoms with Crippen molar-refractivity contribution in [2.75, 3.05) is 26.3 Å². The zero-order chi connectivity index (χ0) is 49.5. The Morgan fingerprint density at radius 2 is 0.917 bits per heavy atom. The van der Waals surface area contributed by atoms with Gasteiger partial charge in [-0.2, -0.15) is 0 Å². The van der Waals surface area contributed by atoms with Gasteiger partial charge < -0.3 is 52.5 Å². The summed E-state index contributed by atoms with van der Waals surface area (Å²) in [6.45, 7) is 0.843. The fourth-order valence-electron chi connectivity index (χ4n) is 7.59. The molecule has 0 bridgehead atoms. The normalized spacial score (nSPS) is 11.4. The second-order valence-corrected chi connectivity index (χ2v) is 16.2. The van der Waals surface area contributed by atoms with E-state index in [1.54, 1.807) is 48.8 Å². The topological polar surface area (TPSA) is 284 Å². The molecule has 382 valence electrons. The first kappa shape index (κ1) is 56.9. The lowest BCUT2D eigenvalue weighted by atomic mass is 9.92. The van der Waals surface area contributed by atoms with Gasteiger partial charge in [0.25, 0.3) is 0 Å². The Kier molecular flexibility index (Phi) is 23.8. The van der Waals surface area contributed by atoms with Gasteiger partial charge in [-0.3, -0.25) is 29.5 Å². The van der Waals surface area contributed by atoms with Crippen molar-refractivity contribution in [3.05, 3.63) is 133 Å². The lowest BCUT2D eigenvalue weighted by molar-refractivity contribution is -0.150. The highest BCUT2D eigenvalue weighted by Gasteiger charge is 2.25. The number of nitrogens with two attached hydrogens (primary N) is 4. The van der Waals surface area contributed by atoms with Gasteiger partial charge in [0, 0.05) is 49.5 Å². The van der Waals surface area contributed by atoms with Crippen LogP contribution in [0, 0.1) is 0 Å². The van der Waals surface area contributed by atoms with E-state index in [-0.39, 0.29) is 114 Å². The van der Waals surface area contributed by atoms with Crippen molar-refractivity contribution in [3.63, 3.8) is 0 Å².